The van der Waals surface area contributed by atoms with Crippen molar-refractivity contribution >= 4 is 5.57 Å². The van der Waals surface area contributed by atoms with Crippen LogP contribution in [-0.2, 0) is 5.41 Å². The van der Waals surface area contributed by atoms with Crippen LogP contribution in [0.5, 0.6) is 0 Å². The van der Waals surface area contributed by atoms with Crippen LogP contribution < -0.4 is 0 Å². The lowest BCUT2D eigenvalue weighted by molar-refractivity contribution is 0.456. The third-order valence-corrected chi connectivity index (χ3v) is 6.79. The zero-order valence-electron chi connectivity index (χ0n) is 21.9. The van der Waals surface area contributed by atoms with Crippen LogP contribution in [0, 0.1) is 5.41 Å². The van der Waals surface area contributed by atoms with Gasteiger partial charge in [-0.05, 0) is 46.9 Å². The van der Waals surface area contributed by atoms with Gasteiger partial charge in [-0.3, -0.25) is 0 Å². The van der Waals surface area contributed by atoms with Crippen molar-refractivity contribution in [1.82, 2.24) is 20.4 Å². The molecule has 2 unspecified atom stereocenters. The summed E-state index contributed by atoms with van der Waals surface area (Å²) in [5.41, 5.74) is 4.64. The van der Waals surface area contributed by atoms with Crippen molar-refractivity contribution in [3.05, 3.63) is 89.5 Å². The number of nitrogens with zero attached hydrogens (tertiary/aromatic N) is 4. The molecule has 6 heteroatoms. The molecular formula is C30H34N4O2. The number of hydrogen-bond acceptors (Lipinski definition) is 6. The molecule has 2 aromatic heterocycles. The molecule has 0 fully saturated rings. The zero-order valence-corrected chi connectivity index (χ0v) is 21.9. The maximum atomic E-state index is 6.09. The van der Waals surface area contributed by atoms with Crippen LogP contribution in [0.1, 0.15) is 89.5 Å². The highest BCUT2D eigenvalue weighted by atomic mass is 16.4. The molecule has 6 nitrogen and oxygen atoms in total. The highest BCUT2D eigenvalue weighted by Crippen LogP contribution is 2.36. The first-order valence-electron chi connectivity index (χ1n) is 12.6. The summed E-state index contributed by atoms with van der Waals surface area (Å²) >= 11 is 0. The van der Waals surface area contributed by atoms with E-state index in [1.54, 1.807) is 0 Å². The monoisotopic (exact) mass is 482 g/mol. The summed E-state index contributed by atoms with van der Waals surface area (Å²) < 4.78 is 12.2. The summed E-state index contributed by atoms with van der Waals surface area (Å²) in [7, 11) is 0. The topological polar surface area (TPSA) is 77.8 Å². The number of benzene rings is 1. The first-order valence-corrected chi connectivity index (χ1v) is 12.6. The van der Waals surface area contributed by atoms with Crippen LogP contribution >= 0.6 is 0 Å². The maximum Gasteiger partial charge on any atom is 0.247 e. The van der Waals surface area contributed by atoms with Gasteiger partial charge in [-0.1, -0.05) is 90.1 Å². The molecule has 5 rings (SSSR count). The van der Waals surface area contributed by atoms with Gasteiger partial charge in [-0.25, -0.2) is 0 Å². The van der Waals surface area contributed by atoms with E-state index in [2.05, 4.69) is 104 Å². The summed E-state index contributed by atoms with van der Waals surface area (Å²) in [6.07, 6.45) is 14.4. The summed E-state index contributed by atoms with van der Waals surface area (Å²) in [6.45, 7) is 13.3. The van der Waals surface area contributed by atoms with E-state index in [1.165, 1.54) is 11.1 Å². The van der Waals surface area contributed by atoms with Crippen molar-refractivity contribution in [2.75, 3.05) is 0 Å². The Morgan fingerprint density at radius 3 is 2.03 bits per heavy atom. The standard InChI is InChI=1S/C30H34N4O2/c1-29(2,3)23-14-10-19(11-15-23)25-31-33-27(35-25)21-8-7-9-22(18-21)28-34-32-26(36-28)20-12-16-24(17-13-20)30(4,5)6/h7-8,10,12-19,22H,9,11H2,1-6H3. The number of rotatable bonds is 4. The van der Waals surface area contributed by atoms with E-state index in [1.807, 2.05) is 18.2 Å². The van der Waals surface area contributed by atoms with Crippen molar-refractivity contribution in [1.29, 1.82) is 0 Å². The molecule has 0 radical (unpaired) electrons. The minimum absolute atomic E-state index is 0.0395. The molecule has 0 saturated carbocycles. The Balaban J connectivity index is 1.31. The van der Waals surface area contributed by atoms with E-state index in [0.29, 0.717) is 23.6 Å². The van der Waals surface area contributed by atoms with Gasteiger partial charge in [-0.15, -0.1) is 20.4 Å². The highest BCUT2D eigenvalue weighted by molar-refractivity contribution is 5.70. The number of allylic oxidation sites excluding steroid dienone is 8. The Hall–Kier alpha value is -3.54. The highest BCUT2D eigenvalue weighted by Gasteiger charge is 2.25. The van der Waals surface area contributed by atoms with Crippen LogP contribution in [-0.4, -0.2) is 20.4 Å². The third-order valence-electron chi connectivity index (χ3n) is 6.79. The summed E-state index contributed by atoms with van der Waals surface area (Å²) in [4.78, 5) is 0. The van der Waals surface area contributed by atoms with Gasteiger partial charge in [0.1, 0.15) is 0 Å². The van der Waals surface area contributed by atoms with E-state index in [-0.39, 0.29) is 22.7 Å². The van der Waals surface area contributed by atoms with Crippen LogP contribution in [0.3, 0.4) is 0 Å². The molecule has 2 heterocycles. The molecule has 0 bridgehead atoms. The Kier molecular flexibility index (Phi) is 6.15. The minimum atomic E-state index is -0.0395. The second-order valence-electron chi connectivity index (χ2n) is 11.7. The second-order valence-corrected chi connectivity index (χ2v) is 11.7. The molecule has 0 saturated heterocycles. The third kappa shape index (κ3) is 5.03. The zero-order chi connectivity index (χ0) is 25.5. The quantitative estimate of drug-likeness (QED) is 0.382. The molecule has 36 heavy (non-hydrogen) atoms. The molecule has 0 aliphatic heterocycles. The van der Waals surface area contributed by atoms with Gasteiger partial charge in [0.15, 0.2) is 0 Å². The van der Waals surface area contributed by atoms with E-state index in [9.17, 15) is 0 Å². The lowest BCUT2D eigenvalue weighted by Crippen LogP contribution is -2.11. The predicted octanol–water partition coefficient (Wildman–Crippen LogP) is 7.56. The molecule has 2 aliphatic rings. The fourth-order valence-electron chi connectivity index (χ4n) is 4.47. The average molecular weight is 483 g/mol. The van der Waals surface area contributed by atoms with Crippen molar-refractivity contribution in [2.45, 2.75) is 71.6 Å². The Labute approximate surface area is 212 Å². The molecule has 2 atom stereocenters. The largest absolute Gasteiger partial charge is 0.420 e. The molecule has 1 aromatic carbocycles. The first-order chi connectivity index (χ1) is 17.1. The molecular weight excluding hydrogens is 448 g/mol. The molecule has 0 N–H and O–H groups in total. The summed E-state index contributed by atoms with van der Waals surface area (Å²) in [6, 6.07) is 8.32. The van der Waals surface area contributed by atoms with Gasteiger partial charge in [0.05, 0.1) is 11.8 Å². The van der Waals surface area contributed by atoms with E-state index >= 15 is 0 Å². The van der Waals surface area contributed by atoms with Gasteiger partial charge in [-0.2, -0.15) is 0 Å². The molecule has 186 valence electrons. The van der Waals surface area contributed by atoms with Crippen molar-refractivity contribution in [2.24, 2.45) is 5.41 Å². The fourth-order valence-corrected chi connectivity index (χ4v) is 4.47. The Morgan fingerprint density at radius 2 is 1.39 bits per heavy atom. The summed E-state index contributed by atoms with van der Waals surface area (Å²) in [5.74, 6) is 2.33. The van der Waals surface area contributed by atoms with E-state index in [4.69, 9.17) is 8.83 Å². The van der Waals surface area contributed by atoms with Crippen molar-refractivity contribution in [3.8, 4) is 11.5 Å². The van der Waals surface area contributed by atoms with Gasteiger partial charge >= 0.3 is 0 Å². The molecule has 0 amide bonds. The smallest absolute Gasteiger partial charge is 0.247 e. The average Bonchev–Trinajstić information content (AvgIpc) is 3.54. The first kappa shape index (κ1) is 24.2. The molecule has 3 aromatic rings. The van der Waals surface area contributed by atoms with Gasteiger partial charge in [0, 0.05) is 11.1 Å². The number of hydrogen-bond donors (Lipinski definition) is 0. The van der Waals surface area contributed by atoms with Crippen LogP contribution in [0.2, 0.25) is 0 Å². The normalized spacial score (nSPS) is 20.4. The molecule has 0 spiro atoms. The van der Waals surface area contributed by atoms with Crippen LogP contribution in [0.25, 0.3) is 17.0 Å². The minimum Gasteiger partial charge on any atom is -0.420 e. The van der Waals surface area contributed by atoms with Gasteiger partial charge < -0.3 is 8.83 Å². The second kappa shape index (κ2) is 9.16. The van der Waals surface area contributed by atoms with Crippen molar-refractivity contribution in [3.63, 3.8) is 0 Å². The van der Waals surface area contributed by atoms with Crippen LogP contribution in [0.4, 0.5) is 0 Å². The predicted molar refractivity (Wildman–Crippen MR) is 141 cm³/mol. The molecule has 2 aliphatic carbocycles. The Morgan fingerprint density at radius 1 is 0.722 bits per heavy atom. The maximum absolute atomic E-state index is 6.09. The van der Waals surface area contributed by atoms with E-state index in [0.717, 1.165) is 24.0 Å². The number of aromatic nitrogens is 4. The lowest BCUT2D eigenvalue weighted by atomic mass is 9.81. The Bertz CT molecular complexity index is 1350. The lowest BCUT2D eigenvalue weighted by Gasteiger charge is -2.24. The SMILES string of the molecule is CC(C)(C)C1=CCC(c2nnc(C3=CC(c4nnc(-c5ccc(C(C)(C)C)cc5)o4)CC=C3)o2)C=C1. The van der Waals surface area contributed by atoms with Gasteiger partial charge in [0.2, 0.25) is 23.6 Å². The van der Waals surface area contributed by atoms with Crippen molar-refractivity contribution < 1.29 is 8.83 Å². The van der Waals surface area contributed by atoms with E-state index < -0.39 is 0 Å². The van der Waals surface area contributed by atoms with Gasteiger partial charge in [0.25, 0.3) is 0 Å². The fraction of sp³-hybridized carbons (Fsp3) is 0.400. The van der Waals surface area contributed by atoms with Crippen LogP contribution in [0.15, 0.2) is 75.1 Å². The summed E-state index contributed by atoms with van der Waals surface area (Å²) in [5, 5.41) is 17.3.